The standard InChI is InChI=1S/C16H19N5O/c1-8-9(2)11(4)14-13(10(8)3)12(5)21(18-14)16(22)15-17-7-20(6)19-15/h7H,1-6H3. The van der Waals surface area contributed by atoms with Crippen molar-refractivity contribution in [2.75, 3.05) is 0 Å². The summed E-state index contributed by atoms with van der Waals surface area (Å²) in [5.74, 6) is -0.148. The quantitative estimate of drug-likeness (QED) is 0.692. The minimum atomic E-state index is -0.302. The summed E-state index contributed by atoms with van der Waals surface area (Å²) in [6.07, 6.45) is 1.51. The number of hydrogen-bond donors (Lipinski definition) is 0. The Morgan fingerprint density at radius 3 is 2.18 bits per heavy atom. The molecule has 0 unspecified atom stereocenters. The van der Waals surface area contributed by atoms with Crippen molar-refractivity contribution in [1.82, 2.24) is 24.5 Å². The lowest BCUT2D eigenvalue weighted by Gasteiger charge is -2.10. The predicted octanol–water partition coefficient (Wildman–Crippen LogP) is 2.40. The molecular formula is C16H19N5O. The maximum absolute atomic E-state index is 12.6. The molecule has 2 heterocycles. The zero-order valence-electron chi connectivity index (χ0n) is 13.7. The van der Waals surface area contributed by atoms with Crippen LogP contribution in [0, 0.1) is 34.6 Å². The summed E-state index contributed by atoms with van der Waals surface area (Å²) in [6, 6.07) is 0. The molecule has 2 aromatic heterocycles. The number of aryl methyl sites for hydroxylation is 4. The van der Waals surface area contributed by atoms with Gasteiger partial charge in [-0.1, -0.05) is 0 Å². The van der Waals surface area contributed by atoms with E-state index in [9.17, 15) is 4.79 Å². The van der Waals surface area contributed by atoms with Crippen LogP contribution in [0.2, 0.25) is 0 Å². The SMILES string of the molecule is Cc1c(C)c(C)c2c(C)n(C(=O)c3ncn(C)n3)nc2c1C. The molecule has 1 aromatic carbocycles. The van der Waals surface area contributed by atoms with Gasteiger partial charge in [-0.3, -0.25) is 9.48 Å². The van der Waals surface area contributed by atoms with E-state index in [0.29, 0.717) is 0 Å². The monoisotopic (exact) mass is 297 g/mol. The van der Waals surface area contributed by atoms with Gasteiger partial charge in [0, 0.05) is 12.4 Å². The molecule has 0 N–H and O–H groups in total. The summed E-state index contributed by atoms with van der Waals surface area (Å²) in [6.45, 7) is 10.2. The largest absolute Gasteiger partial charge is 0.318 e. The smallest absolute Gasteiger partial charge is 0.263 e. The lowest BCUT2D eigenvalue weighted by atomic mass is 9.95. The van der Waals surface area contributed by atoms with E-state index >= 15 is 0 Å². The maximum atomic E-state index is 12.6. The molecular weight excluding hydrogens is 278 g/mol. The van der Waals surface area contributed by atoms with Crippen LogP contribution in [0.25, 0.3) is 10.9 Å². The second kappa shape index (κ2) is 4.76. The summed E-state index contributed by atoms with van der Waals surface area (Å²) in [7, 11) is 1.73. The molecule has 0 aliphatic rings. The van der Waals surface area contributed by atoms with Crippen LogP contribution in [-0.2, 0) is 7.05 Å². The highest BCUT2D eigenvalue weighted by Gasteiger charge is 2.22. The normalized spacial score (nSPS) is 11.4. The Morgan fingerprint density at radius 1 is 0.955 bits per heavy atom. The molecule has 114 valence electrons. The second-order valence-corrected chi connectivity index (χ2v) is 5.77. The average molecular weight is 297 g/mol. The van der Waals surface area contributed by atoms with Gasteiger partial charge in [0.15, 0.2) is 0 Å². The van der Waals surface area contributed by atoms with Crippen molar-refractivity contribution in [2.24, 2.45) is 7.05 Å². The molecule has 6 nitrogen and oxygen atoms in total. The first-order chi connectivity index (χ1) is 10.3. The number of nitrogens with zero attached hydrogens (tertiary/aromatic N) is 5. The van der Waals surface area contributed by atoms with E-state index in [1.807, 2.05) is 13.8 Å². The fourth-order valence-corrected chi connectivity index (χ4v) is 2.87. The number of carbonyl (C=O) groups excluding carboxylic acids is 1. The van der Waals surface area contributed by atoms with Gasteiger partial charge in [-0.2, -0.15) is 9.78 Å². The van der Waals surface area contributed by atoms with Crippen LogP contribution in [0.3, 0.4) is 0 Å². The first-order valence-corrected chi connectivity index (χ1v) is 7.19. The van der Waals surface area contributed by atoms with Crippen molar-refractivity contribution >= 4 is 16.8 Å². The molecule has 3 rings (SSSR count). The third-order valence-electron chi connectivity index (χ3n) is 4.52. The Hall–Kier alpha value is -2.50. The molecule has 0 spiro atoms. The highest BCUT2D eigenvalue weighted by Crippen LogP contribution is 2.30. The van der Waals surface area contributed by atoms with Crippen molar-refractivity contribution < 1.29 is 4.79 Å². The van der Waals surface area contributed by atoms with Crippen molar-refractivity contribution in [3.05, 3.63) is 40.1 Å². The van der Waals surface area contributed by atoms with E-state index in [-0.39, 0.29) is 11.7 Å². The molecule has 0 aliphatic heterocycles. The summed E-state index contributed by atoms with van der Waals surface area (Å²) in [4.78, 5) is 16.6. The van der Waals surface area contributed by atoms with Crippen LogP contribution >= 0.6 is 0 Å². The topological polar surface area (TPSA) is 65.6 Å². The summed E-state index contributed by atoms with van der Waals surface area (Å²) >= 11 is 0. The molecule has 3 aromatic rings. The van der Waals surface area contributed by atoms with Crippen molar-refractivity contribution in [3.8, 4) is 0 Å². The molecule has 0 aliphatic carbocycles. The van der Waals surface area contributed by atoms with Crippen molar-refractivity contribution in [3.63, 3.8) is 0 Å². The van der Waals surface area contributed by atoms with Crippen LogP contribution in [-0.4, -0.2) is 30.5 Å². The van der Waals surface area contributed by atoms with E-state index < -0.39 is 0 Å². The van der Waals surface area contributed by atoms with Gasteiger partial charge in [-0.15, -0.1) is 5.10 Å². The van der Waals surface area contributed by atoms with E-state index in [2.05, 4.69) is 36.0 Å². The summed E-state index contributed by atoms with van der Waals surface area (Å²) in [5, 5.41) is 9.66. The first kappa shape index (κ1) is 14.4. The number of carbonyl (C=O) groups is 1. The Kier molecular flexibility index (Phi) is 3.12. The number of hydrogen-bond acceptors (Lipinski definition) is 4. The van der Waals surface area contributed by atoms with Gasteiger partial charge < -0.3 is 0 Å². The maximum Gasteiger partial charge on any atom is 0.318 e. The fourth-order valence-electron chi connectivity index (χ4n) is 2.87. The number of rotatable bonds is 1. The van der Waals surface area contributed by atoms with Gasteiger partial charge in [0.2, 0.25) is 5.82 Å². The van der Waals surface area contributed by atoms with E-state index in [1.54, 1.807) is 7.05 Å². The number of fused-ring (bicyclic) bond motifs is 1. The minimum absolute atomic E-state index is 0.155. The molecule has 0 amide bonds. The average Bonchev–Trinajstić information content (AvgIpc) is 3.06. The van der Waals surface area contributed by atoms with Crippen LogP contribution < -0.4 is 0 Å². The Morgan fingerprint density at radius 2 is 1.59 bits per heavy atom. The lowest BCUT2D eigenvalue weighted by molar-refractivity contribution is 0.0933. The van der Waals surface area contributed by atoms with Gasteiger partial charge in [-0.05, 0) is 56.9 Å². The molecule has 22 heavy (non-hydrogen) atoms. The van der Waals surface area contributed by atoms with Crippen LogP contribution in [0.1, 0.15) is 38.6 Å². The zero-order valence-corrected chi connectivity index (χ0v) is 13.7. The molecule has 0 atom stereocenters. The Labute approximate surface area is 128 Å². The van der Waals surface area contributed by atoms with Gasteiger partial charge in [0.25, 0.3) is 0 Å². The highest BCUT2D eigenvalue weighted by molar-refractivity contribution is 5.98. The predicted molar refractivity (Wildman–Crippen MR) is 84.1 cm³/mol. The molecule has 0 saturated carbocycles. The lowest BCUT2D eigenvalue weighted by Crippen LogP contribution is -2.17. The molecule has 0 fully saturated rings. The van der Waals surface area contributed by atoms with Crippen LogP contribution in [0.15, 0.2) is 6.33 Å². The Balaban J connectivity index is 2.29. The van der Waals surface area contributed by atoms with E-state index in [0.717, 1.165) is 22.2 Å². The molecule has 0 bridgehead atoms. The zero-order chi connectivity index (χ0) is 16.2. The first-order valence-electron chi connectivity index (χ1n) is 7.19. The van der Waals surface area contributed by atoms with Gasteiger partial charge in [0.1, 0.15) is 6.33 Å². The van der Waals surface area contributed by atoms with E-state index in [4.69, 9.17) is 0 Å². The van der Waals surface area contributed by atoms with E-state index in [1.165, 1.54) is 32.4 Å². The van der Waals surface area contributed by atoms with Crippen LogP contribution in [0.4, 0.5) is 0 Å². The van der Waals surface area contributed by atoms with Gasteiger partial charge >= 0.3 is 5.91 Å². The summed E-state index contributed by atoms with van der Waals surface area (Å²) < 4.78 is 2.93. The Bertz CT molecular complexity index is 917. The van der Waals surface area contributed by atoms with Crippen molar-refractivity contribution in [2.45, 2.75) is 34.6 Å². The molecule has 0 saturated heterocycles. The minimum Gasteiger partial charge on any atom is -0.263 e. The second-order valence-electron chi connectivity index (χ2n) is 5.77. The van der Waals surface area contributed by atoms with Crippen LogP contribution in [0.5, 0.6) is 0 Å². The number of aromatic nitrogens is 5. The van der Waals surface area contributed by atoms with Gasteiger partial charge in [0.05, 0.1) is 11.2 Å². The van der Waals surface area contributed by atoms with Crippen molar-refractivity contribution in [1.29, 1.82) is 0 Å². The number of benzene rings is 1. The third kappa shape index (κ3) is 1.87. The van der Waals surface area contributed by atoms with Gasteiger partial charge in [-0.25, -0.2) is 4.98 Å². The fraction of sp³-hybridized carbons (Fsp3) is 0.375. The third-order valence-corrected chi connectivity index (χ3v) is 4.52. The highest BCUT2D eigenvalue weighted by atomic mass is 16.2. The summed E-state index contributed by atoms with van der Waals surface area (Å²) in [5.41, 5.74) is 6.46. The molecule has 0 radical (unpaired) electrons. The molecule has 6 heteroatoms.